The molecule has 2 saturated heterocycles. The van der Waals surface area contributed by atoms with Gasteiger partial charge in [-0.1, -0.05) is 12.1 Å². The minimum Gasteiger partial charge on any atom is -0.494 e. The molecule has 4 aliphatic rings. The van der Waals surface area contributed by atoms with Gasteiger partial charge in [-0.25, -0.2) is 0 Å². The number of morpholine rings is 1. The average molecular weight is 597 g/mol. The first-order chi connectivity index (χ1) is 20.9. The lowest BCUT2D eigenvalue weighted by Gasteiger charge is -2.31. The maximum absolute atomic E-state index is 14.1. The Balaban J connectivity index is 1.38. The Kier molecular flexibility index (Phi) is 11.1. The predicted molar refractivity (Wildman–Crippen MR) is 161 cm³/mol. The molecule has 0 spiro atoms. The quantitative estimate of drug-likeness (QED) is 0.497. The number of nitrogens with one attached hydrogen (secondary N) is 2. The summed E-state index contributed by atoms with van der Waals surface area (Å²) >= 11 is 0. The van der Waals surface area contributed by atoms with E-state index in [1.54, 1.807) is 4.90 Å². The van der Waals surface area contributed by atoms with Gasteiger partial charge in [0.1, 0.15) is 11.8 Å². The number of ketones is 1. The fourth-order valence-corrected chi connectivity index (χ4v) is 6.49. The van der Waals surface area contributed by atoms with Crippen LogP contribution in [0.2, 0.25) is 0 Å². The monoisotopic (exact) mass is 596 g/mol. The van der Waals surface area contributed by atoms with Crippen LogP contribution >= 0.6 is 0 Å². The molecule has 236 valence electrons. The molecule has 4 atom stereocenters. The number of hydrogen-bond donors (Lipinski definition) is 2. The van der Waals surface area contributed by atoms with Gasteiger partial charge in [0.2, 0.25) is 17.7 Å². The third kappa shape index (κ3) is 9.01. The van der Waals surface area contributed by atoms with Crippen LogP contribution in [0.3, 0.4) is 0 Å². The van der Waals surface area contributed by atoms with Gasteiger partial charge >= 0.3 is 0 Å². The highest BCUT2D eigenvalue weighted by atomic mass is 16.5. The summed E-state index contributed by atoms with van der Waals surface area (Å²) < 4.78 is 11.5. The van der Waals surface area contributed by atoms with Crippen molar-refractivity contribution in [2.45, 2.75) is 89.3 Å². The lowest BCUT2D eigenvalue weighted by Crippen LogP contribution is -2.52. The zero-order chi connectivity index (χ0) is 30.2. The van der Waals surface area contributed by atoms with E-state index in [4.69, 9.17) is 9.47 Å². The zero-order valence-corrected chi connectivity index (χ0v) is 25.6. The van der Waals surface area contributed by atoms with E-state index in [0.717, 1.165) is 50.1 Å². The summed E-state index contributed by atoms with van der Waals surface area (Å²) in [6, 6.07) is 6.48. The van der Waals surface area contributed by atoms with Gasteiger partial charge < -0.3 is 25.0 Å². The normalized spacial score (nSPS) is 27.3. The summed E-state index contributed by atoms with van der Waals surface area (Å²) in [6.07, 6.45) is 6.23. The highest BCUT2D eigenvalue weighted by molar-refractivity contribution is 5.94. The minimum atomic E-state index is -0.679. The molecule has 3 heterocycles. The van der Waals surface area contributed by atoms with Gasteiger partial charge in [0.15, 0.2) is 5.78 Å². The molecule has 1 aromatic rings. The van der Waals surface area contributed by atoms with Gasteiger partial charge in [-0.2, -0.15) is 0 Å². The van der Waals surface area contributed by atoms with E-state index < -0.39 is 18.0 Å². The Bertz CT molecular complexity index is 1130. The largest absolute Gasteiger partial charge is 0.494 e. The summed E-state index contributed by atoms with van der Waals surface area (Å²) in [4.78, 5) is 58.2. The maximum atomic E-state index is 14.1. The van der Waals surface area contributed by atoms with Crippen LogP contribution in [0, 0.1) is 11.8 Å². The van der Waals surface area contributed by atoms with Gasteiger partial charge in [-0.05, 0) is 82.0 Å². The molecular formula is C33H48N4O6. The smallest absolute Gasteiger partial charge is 0.242 e. The molecule has 3 aliphatic heterocycles. The van der Waals surface area contributed by atoms with Gasteiger partial charge in [0, 0.05) is 50.9 Å². The van der Waals surface area contributed by atoms with Crippen molar-refractivity contribution < 1.29 is 28.7 Å². The number of nitrogens with zero attached hydrogens (tertiary/aromatic N) is 2. The number of ether oxygens (including phenoxy) is 2. The number of benzene rings is 1. The summed E-state index contributed by atoms with van der Waals surface area (Å²) in [5, 5.41) is 6.18. The molecule has 0 aromatic heterocycles. The highest BCUT2D eigenvalue weighted by Gasteiger charge is 2.37. The first-order valence-corrected chi connectivity index (χ1v) is 16.3. The SMILES string of the molecule is C[C@H](NC(=O)[C@@H]1CCCCOc2cccc(c2)C[C@H](N2CCCC2=O)C(=O)C[C@@H](CCN2CCOCC2)C(=O)N1)C1CC1. The molecule has 1 aliphatic carbocycles. The van der Waals surface area contributed by atoms with Crippen molar-refractivity contribution in [2.75, 3.05) is 46.0 Å². The lowest BCUT2D eigenvalue weighted by molar-refractivity contribution is -0.138. The lowest BCUT2D eigenvalue weighted by atomic mass is 9.90. The average Bonchev–Trinajstić information content (AvgIpc) is 3.78. The van der Waals surface area contributed by atoms with Crippen LogP contribution in [-0.4, -0.2) is 97.4 Å². The van der Waals surface area contributed by atoms with Crippen LogP contribution < -0.4 is 15.4 Å². The Hall–Kier alpha value is -2.98. The summed E-state index contributed by atoms with van der Waals surface area (Å²) in [5.41, 5.74) is 0.929. The molecule has 0 unspecified atom stereocenters. The second-order valence-corrected chi connectivity index (χ2v) is 12.7. The summed E-state index contributed by atoms with van der Waals surface area (Å²) in [5.74, 6) is 0.0651. The second-order valence-electron chi connectivity index (χ2n) is 12.7. The van der Waals surface area contributed by atoms with Crippen molar-refractivity contribution in [3.05, 3.63) is 29.8 Å². The number of fused-ring (bicyclic) bond motifs is 2. The number of carbonyl (C=O) groups excluding carboxylic acids is 4. The predicted octanol–water partition coefficient (Wildman–Crippen LogP) is 2.48. The third-order valence-electron chi connectivity index (χ3n) is 9.39. The van der Waals surface area contributed by atoms with Crippen LogP contribution in [0.15, 0.2) is 24.3 Å². The molecule has 2 bridgehead atoms. The van der Waals surface area contributed by atoms with Crippen molar-refractivity contribution in [3.63, 3.8) is 0 Å². The molecule has 10 nitrogen and oxygen atoms in total. The molecular weight excluding hydrogens is 548 g/mol. The fraction of sp³-hybridized carbons (Fsp3) is 0.697. The molecule has 1 saturated carbocycles. The topological polar surface area (TPSA) is 117 Å². The minimum absolute atomic E-state index is 0.0176. The zero-order valence-electron chi connectivity index (χ0n) is 25.6. The van der Waals surface area contributed by atoms with Crippen LogP contribution in [0.5, 0.6) is 5.75 Å². The number of carbonyl (C=O) groups is 4. The second kappa shape index (κ2) is 15.1. The van der Waals surface area contributed by atoms with Crippen LogP contribution in [0.25, 0.3) is 0 Å². The molecule has 2 N–H and O–H groups in total. The van der Waals surface area contributed by atoms with Crippen molar-refractivity contribution >= 4 is 23.5 Å². The number of likely N-dealkylation sites (tertiary alicyclic amines) is 1. The van der Waals surface area contributed by atoms with E-state index in [1.807, 2.05) is 31.2 Å². The Labute approximate surface area is 255 Å². The molecule has 3 fully saturated rings. The standard InChI is InChI=1S/C33H48N4O6/c1-23(25-10-11-25)34-33(41)28-8-2-3-17-43-27-7-4-6-24(20-27)21-29(37-13-5-9-31(37)39)30(38)22-26(32(40)35-28)12-14-36-15-18-42-19-16-36/h4,6-7,20,23,25-26,28-29H,2-3,5,8-19,21-22H2,1H3,(H,34,41)(H,35,40)/t23-,26+,28-,29-/m0/s1. The molecule has 5 rings (SSSR count). The van der Waals surface area contributed by atoms with E-state index in [-0.39, 0.29) is 36.0 Å². The van der Waals surface area contributed by atoms with Gasteiger partial charge in [0.25, 0.3) is 0 Å². The molecule has 43 heavy (non-hydrogen) atoms. The van der Waals surface area contributed by atoms with Crippen molar-refractivity contribution in [1.29, 1.82) is 0 Å². The van der Waals surface area contributed by atoms with E-state index >= 15 is 0 Å². The summed E-state index contributed by atoms with van der Waals surface area (Å²) in [6.45, 7) is 6.59. The Morgan fingerprint density at radius 2 is 1.84 bits per heavy atom. The van der Waals surface area contributed by atoms with Crippen LogP contribution in [0.4, 0.5) is 0 Å². The van der Waals surface area contributed by atoms with Crippen LogP contribution in [-0.2, 0) is 30.3 Å². The van der Waals surface area contributed by atoms with Crippen LogP contribution in [0.1, 0.15) is 70.3 Å². The Morgan fingerprint density at radius 1 is 1.02 bits per heavy atom. The number of rotatable bonds is 7. The van der Waals surface area contributed by atoms with Gasteiger partial charge in [-0.3, -0.25) is 24.1 Å². The number of hydrogen-bond acceptors (Lipinski definition) is 7. The molecule has 1 aromatic carbocycles. The number of Topliss-reactive ketones (excluding diaryl/α,β-unsaturated/α-hetero) is 1. The third-order valence-corrected chi connectivity index (χ3v) is 9.39. The van der Waals surface area contributed by atoms with Crippen molar-refractivity contribution in [3.8, 4) is 5.75 Å². The molecule has 10 heteroatoms. The van der Waals surface area contributed by atoms with Gasteiger partial charge in [0.05, 0.1) is 25.9 Å². The van der Waals surface area contributed by atoms with E-state index in [9.17, 15) is 19.2 Å². The first-order valence-electron chi connectivity index (χ1n) is 16.3. The summed E-state index contributed by atoms with van der Waals surface area (Å²) in [7, 11) is 0. The molecule has 3 amide bonds. The van der Waals surface area contributed by atoms with Crippen molar-refractivity contribution in [1.82, 2.24) is 20.4 Å². The van der Waals surface area contributed by atoms with Gasteiger partial charge in [-0.15, -0.1) is 0 Å². The van der Waals surface area contributed by atoms with E-state index in [1.165, 1.54) is 0 Å². The highest BCUT2D eigenvalue weighted by Crippen LogP contribution is 2.32. The fourth-order valence-electron chi connectivity index (χ4n) is 6.49. The Morgan fingerprint density at radius 3 is 2.58 bits per heavy atom. The first kappa shape index (κ1) is 31.4. The number of amides is 3. The van der Waals surface area contributed by atoms with E-state index in [0.29, 0.717) is 70.9 Å². The van der Waals surface area contributed by atoms with Crippen molar-refractivity contribution in [2.24, 2.45) is 11.8 Å². The maximum Gasteiger partial charge on any atom is 0.242 e. The molecule has 0 radical (unpaired) electrons. The van der Waals surface area contributed by atoms with E-state index in [2.05, 4.69) is 15.5 Å².